The van der Waals surface area contributed by atoms with Gasteiger partial charge in [-0.15, -0.1) is 11.3 Å². The maximum Gasteiger partial charge on any atom is 0.270 e. The highest BCUT2D eigenvalue weighted by atomic mass is 32.1. The number of nitrogens with zero attached hydrogens (tertiary/aromatic N) is 2. The summed E-state index contributed by atoms with van der Waals surface area (Å²) in [6, 6.07) is 5.39. The van der Waals surface area contributed by atoms with Gasteiger partial charge in [-0.25, -0.2) is 4.98 Å². The summed E-state index contributed by atoms with van der Waals surface area (Å²) in [6.45, 7) is 3.41. The van der Waals surface area contributed by atoms with Gasteiger partial charge in [-0.3, -0.25) is 9.78 Å². The molecule has 100 valence electrons. The lowest BCUT2D eigenvalue weighted by Crippen LogP contribution is -2.23. The Balaban J connectivity index is 1.94. The highest BCUT2D eigenvalue weighted by Crippen LogP contribution is 2.07. The van der Waals surface area contributed by atoms with Gasteiger partial charge >= 0.3 is 0 Å². The normalized spacial score (nSPS) is 10.2. The lowest BCUT2D eigenvalue weighted by atomic mass is 10.3. The number of amides is 1. The molecule has 2 aromatic rings. The molecule has 0 saturated heterocycles. The molecule has 1 amide bonds. The molecule has 0 saturated carbocycles. The zero-order valence-electron chi connectivity index (χ0n) is 10.7. The number of carbonyl (C=O) groups is 1. The van der Waals surface area contributed by atoms with Gasteiger partial charge in [-0.1, -0.05) is 13.0 Å². The lowest BCUT2D eigenvalue weighted by molar-refractivity contribution is 0.0946. The van der Waals surface area contributed by atoms with Crippen molar-refractivity contribution >= 4 is 23.1 Å². The SMILES string of the molecule is CCCNc1cccc(C(=O)NCc2cncs2)n1. The number of hydrogen-bond donors (Lipinski definition) is 2. The number of hydrogen-bond acceptors (Lipinski definition) is 5. The van der Waals surface area contributed by atoms with Crippen molar-refractivity contribution in [3.63, 3.8) is 0 Å². The zero-order chi connectivity index (χ0) is 13.5. The number of thiazole rings is 1. The van der Waals surface area contributed by atoms with E-state index >= 15 is 0 Å². The van der Waals surface area contributed by atoms with Crippen LogP contribution in [0.25, 0.3) is 0 Å². The van der Waals surface area contributed by atoms with Gasteiger partial charge in [0, 0.05) is 17.6 Å². The first kappa shape index (κ1) is 13.5. The summed E-state index contributed by atoms with van der Waals surface area (Å²) in [7, 11) is 0. The van der Waals surface area contributed by atoms with Crippen LogP contribution in [0.15, 0.2) is 29.9 Å². The molecule has 0 aliphatic rings. The Labute approximate surface area is 116 Å². The van der Waals surface area contributed by atoms with Crippen molar-refractivity contribution in [2.24, 2.45) is 0 Å². The molecule has 5 nitrogen and oxygen atoms in total. The van der Waals surface area contributed by atoms with Crippen LogP contribution < -0.4 is 10.6 Å². The molecule has 0 bridgehead atoms. The second kappa shape index (κ2) is 6.84. The van der Waals surface area contributed by atoms with Gasteiger partial charge in [-0.05, 0) is 18.6 Å². The van der Waals surface area contributed by atoms with Gasteiger partial charge in [0.05, 0.1) is 12.1 Å². The zero-order valence-corrected chi connectivity index (χ0v) is 11.5. The summed E-state index contributed by atoms with van der Waals surface area (Å²) in [5.74, 6) is 0.556. The number of pyridine rings is 1. The first-order chi connectivity index (χ1) is 9.29. The second-order valence-corrected chi connectivity index (χ2v) is 4.96. The van der Waals surface area contributed by atoms with Gasteiger partial charge in [0.25, 0.3) is 5.91 Å². The summed E-state index contributed by atoms with van der Waals surface area (Å²) >= 11 is 1.52. The van der Waals surface area contributed by atoms with Crippen LogP contribution in [0, 0.1) is 0 Å². The number of anilines is 1. The third kappa shape index (κ3) is 4.03. The van der Waals surface area contributed by atoms with E-state index in [4.69, 9.17) is 0 Å². The molecule has 0 atom stereocenters. The predicted molar refractivity (Wildman–Crippen MR) is 76.3 cm³/mol. The monoisotopic (exact) mass is 276 g/mol. The van der Waals surface area contributed by atoms with Crippen LogP contribution in [0.4, 0.5) is 5.82 Å². The van der Waals surface area contributed by atoms with Crippen LogP contribution in [0.2, 0.25) is 0 Å². The third-order valence-corrected chi connectivity index (χ3v) is 3.22. The Morgan fingerprint density at radius 3 is 3.05 bits per heavy atom. The summed E-state index contributed by atoms with van der Waals surface area (Å²) in [6.07, 6.45) is 2.76. The van der Waals surface area contributed by atoms with Crippen molar-refractivity contribution in [2.75, 3.05) is 11.9 Å². The molecule has 2 heterocycles. The lowest BCUT2D eigenvalue weighted by Gasteiger charge is -2.06. The Morgan fingerprint density at radius 2 is 2.32 bits per heavy atom. The Kier molecular flexibility index (Phi) is 4.85. The summed E-state index contributed by atoms with van der Waals surface area (Å²) < 4.78 is 0. The maximum absolute atomic E-state index is 11.9. The number of aromatic nitrogens is 2. The minimum absolute atomic E-state index is 0.173. The van der Waals surface area contributed by atoms with Gasteiger partial charge in [0.15, 0.2) is 0 Å². The Morgan fingerprint density at radius 1 is 1.42 bits per heavy atom. The summed E-state index contributed by atoms with van der Waals surface area (Å²) in [4.78, 5) is 21.2. The van der Waals surface area contributed by atoms with Crippen molar-refractivity contribution in [1.29, 1.82) is 0 Å². The average Bonchev–Trinajstić information content (AvgIpc) is 2.96. The minimum atomic E-state index is -0.173. The number of carbonyl (C=O) groups excluding carboxylic acids is 1. The standard InChI is InChI=1S/C13H16N4OS/c1-2-6-15-12-5-3-4-11(17-12)13(18)16-8-10-7-14-9-19-10/h3-5,7,9H,2,6,8H2,1H3,(H,15,17)(H,16,18). The molecule has 0 fully saturated rings. The van der Waals surface area contributed by atoms with E-state index in [0.29, 0.717) is 12.2 Å². The van der Waals surface area contributed by atoms with E-state index in [1.807, 2.05) is 12.1 Å². The van der Waals surface area contributed by atoms with E-state index in [9.17, 15) is 4.79 Å². The largest absolute Gasteiger partial charge is 0.370 e. The van der Waals surface area contributed by atoms with E-state index in [-0.39, 0.29) is 5.91 Å². The molecule has 2 aromatic heterocycles. The fourth-order valence-corrected chi connectivity index (χ4v) is 2.03. The first-order valence-electron chi connectivity index (χ1n) is 6.16. The average molecular weight is 276 g/mol. The molecule has 19 heavy (non-hydrogen) atoms. The first-order valence-corrected chi connectivity index (χ1v) is 7.04. The van der Waals surface area contributed by atoms with E-state index in [2.05, 4.69) is 27.5 Å². The molecular formula is C13H16N4OS. The van der Waals surface area contributed by atoms with Crippen molar-refractivity contribution in [1.82, 2.24) is 15.3 Å². The number of rotatable bonds is 6. The smallest absolute Gasteiger partial charge is 0.270 e. The van der Waals surface area contributed by atoms with Crippen LogP contribution in [0.3, 0.4) is 0 Å². The Hall–Kier alpha value is -1.95. The number of nitrogens with one attached hydrogen (secondary N) is 2. The van der Waals surface area contributed by atoms with Gasteiger partial charge in [0.2, 0.25) is 0 Å². The molecular weight excluding hydrogens is 260 g/mol. The van der Waals surface area contributed by atoms with Crippen LogP contribution in [-0.2, 0) is 6.54 Å². The summed E-state index contributed by atoms with van der Waals surface area (Å²) in [5.41, 5.74) is 2.17. The Bertz CT molecular complexity index is 527. The van der Waals surface area contributed by atoms with E-state index in [1.54, 1.807) is 17.8 Å². The van der Waals surface area contributed by atoms with E-state index in [1.165, 1.54) is 11.3 Å². The molecule has 0 aromatic carbocycles. The minimum Gasteiger partial charge on any atom is -0.370 e. The van der Waals surface area contributed by atoms with Crippen LogP contribution in [0.5, 0.6) is 0 Å². The van der Waals surface area contributed by atoms with Crippen molar-refractivity contribution in [3.8, 4) is 0 Å². The van der Waals surface area contributed by atoms with Gasteiger partial charge < -0.3 is 10.6 Å². The van der Waals surface area contributed by atoms with E-state index < -0.39 is 0 Å². The van der Waals surface area contributed by atoms with Crippen LogP contribution in [-0.4, -0.2) is 22.4 Å². The molecule has 0 radical (unpaired) electrons. The highest BCUT2D eigenvalue weighted by molar-refractivity contribution is 7.09. The van der Waals surface area contributed by atoms with Gasteiger partial charge in [0.1, 0.15) is 11.5 Å². The fourth-order valence-electron chi connectivity index (χ4n) is 1.50. The molecule has 6 heteroatoms. The molecule has 0 aliphatic heterocycles. The van der Waals surface area contributed by atoms with Crippen molar-refractivity contribution in [2.45, 2.75) is 19.9 Å². The third-order valence-electron chi connectivity index (χ3n) is 2.44. The topological polar surface area (TPSA) is 66.9 Å². The predicted octanol–water partition coefficient (Wildman–Crippen LogP) is 2.29. The molecule has 0 aliphatic carbocycles. The molecule has 0 spiro atoms. The fraction of sp³-hybridized carbons (Fsp3) is 0.308. The molecule has 2 rings (SSSR count). The highest BCUT2D eigenvalue weighted by Gasteiger charge is 2.07. The van der Waals surface area contributed by atoms with Gasteiger partial charge in [-0.2, -0.15) is 0 Å². The second-order valence-electron chi connectivity index (χ2n) is 3.99. The van der Waals surface area contributed by atoms with Crippen molar-refractivity contribution < 1.29 is 4.79 Å². The summed E-state index contributed by atoms with van der Waals surface area (Å²) in [5, 5.41) is 5.99. The molecule has 2 N–H and O–H groups in total. The molecule has 0 unspecified atom stereocenters. The quantitative estimate of drug-likeness (QED) is 0.849. The van der Waals surface area contributed by atoms with Crippen molar-refractivity contribution in [3.05, 3.63) is 40.5 Å². The van der Waals surface area contributed by atoms with Crippen LogP contribution >= 0.6 is 11.3 Å². The maximum atomic E-state index is 11.9. The van der Waals surface area contributed by atoms with E-state index in [0.717, 1.165) is 23.7 Å². The van der Waals surface area contributed by atoms with Crippen LogP contribution in [0.1, 0.15) is 28.7 Å².